The van der Waals surface area contributed by atoms with Crippen molar-refractivity contribution in [2.75, 3.05) is 10.0 Å². The number of carbonyl (C=O) groups is 1. The summed E-state index contributed by atoms with van der Waals surface area (Å²) in [5, 5.41) is 2.77. The number of amides is 1. The molecule has 0 fully saturated rings. The Morgan fingerprint density at radius 3 is 2.43 bits per heavy atom. The number of carbonyl (C=O) groups excluding carboxylic acids is 1. The zero-order valence-corrected chi connectivity index (χ0v) is 19.8. The summed E-state index contributed by atoms with van der Waals surface area (Å²) in [6.45, 7) is 0. The summed E-state index contributed by atoms with van der Waals surface area (Å²) in [6.07, 6.45) is 0. The largest absolute Gasteiger partial charge is 0.322 e. The van der Waals surface area contributed by atoms with Gasteiger partial charge in [-0.2, -0.15) is 8.75 Å². The van der Waals surface area contributed by atoms with Crippen LogP contribution in [0.4, 0.5) is 11.4 Å². The van der Waals surface area contributed by atoms with E-state index in [2.05, 4.69) is 50.6 Å². The van der Waals surface area contributed by atoms with Crippen LogP contribution in [0.1, 0.15) is 10.4 Å². The maximum Gasteiger partial charge on any atom is 0.264 e. The number of rotatable bonds is 5. The van der Waals surface area contributed by atoms with E-state index in [0.717, 1.165) is 16.2 Å². The Kier molecular flexibility index (Phi) is 5.87. The van der Waals surface area contributed by atoms with Crippen LogP contribution in [0, 0.1) is 0 Å². The minimum Gasteiger partial charge on any atom is -0.322 e. The van der Waals surface area contributed by atoms with E-state index in [0.29, 0.717) is 15.7 Å². The summed E-state index contributed by atoms with van der Waals surface area (Å²) >= 11 is 7.61. The molecule has 1 aromatic heterocycles. The average Bonchev–Trinajstić information content (AvgIpc) is 3.19. The van der Waals surface area contributed by atoms with Crippen LogP contribution < -0.4 is 10.0 Å². The van der Waals surface area contributed by atoms with Crippen LogP contribution in [0.25, 0.3) is 11.0 Å². The number of halogens is 2. The van der Waals surface area contributed by atoms with Crippen molar-refractivity contribution in [3.05, 3.63) is 75.2 Å². The number of hydrogen-bond donors (Lipinski definition) is 2. The number of sulfonamides is 1. The third-order valence-electron chi connectivity index (χ3n) is 4.11. The predicted molar refractivity (Wildman–Crippen MR) is 124 cm³/mol. The van der Waals surface area contributed by atoms with Gasteiger partial charge in [0.2, 0.25) is 0 Å². The van der Waals surface area contributed by atoms with Crippen LogP contribution in [0.2, 0.25) is 0 Å². The molecule has 30 heavy (non-hydrogen) atoms. The molecule has 0 aliphatic carbocycles. The summed E-state index contributed by atoms with van der Waals surface area (Å²) in [5.41, 5.74) is 1.67. The molecule has 0 radical (unpaired) electrons. The maximum absolute atomic E-state index is 13.0. The smallest absolute Gasteiger partial charge is 0.264 e. The number of fused-ring (bicyclic) bond motifs is 1. The van der Waals surface area contributed by atoms with Crippen molar-refractivity contribution in [2.24, 2.45) is 0 Å². The molecule has 0 saturated heterocycles. The lowest BCUT2D eigenvalue weighted by Gasteiger charge is -2.14. The summed E-state index contributed by atoms with van der Waals surface area (Å²) in [4.78, 5) is 12.9. The molecule has 152 valence electrons. The second-order valence-corrected chi connectivity index (χ2v) is 10.2. The highest BCUT2D eigenvalue weighted by molar-refractivity contribution is 9.10. The lowest BCUT2D eigenvalue weighted by molar-refractivity contribution is 0.102. The van der Waals surface area contributed by atoms with Gasteiger partial charge in [0.1, 0.15) is 15.9 Å². The monoisotopic (exact) mass is 566 g/mol. The Bertz CT molecular complexity index is 1360. The van der Waals surface area contributed by atoms with Gasteiger partial charge in [-0.3, -0.25) is 9.52 Å². The molecule has 0 bridgehead atoms. The number of benzene rings is 3. The third-order valence-corrected chi connectivity index (χ3v) is 7.07. The highest BCUT2D eigenvalue weighted by Crippen LogP contribution is 2.28. The van der Waals surface area contributed by atoms with E-state index in [1.807, 2.05) is 0 Å². The minimum absolute atomic E-state index is 0.00376. The normalized spacial score (nSPS) is 11.4. The first-order valence-electron chi connectivity index (χ1n) is 8.44. The molecular formula is C19H12Br2N4O3S2. The zero-order chi connectivity index (χ0) is 21.3. The summed E-state index contributed by atoms with van der Waals surface area (Å²) in [6, 6.07) is 16.5. The van der Waals surface area contributed by atoms with E-state index < -0.39 is 15.9 Å². The van der Waals surface area contributed by atoms with Crippen LogP contribution in [0.3, 0.4) is 0 Å². The molecule has 0 spiro atoms. The number of anilines is 2. The molecule has 0 unspecified atom stereocenters. The van der Waals surface area contributed by atoms with Gasteiger partial charge in [0.15, 0.2) is 0 Å². The molecular weight excluding hydrogens is 556 g/mol. The van der Waals surface area contributed by atoms with Crippen LogP contribution in [-0.4, -0.2) is 23.1 Å². The van der Waals surface area contributed by atoms with E-state index in [1.54, 1.807) is 48.5 Å². The quantitative estimate of drug-likeness (QED) is 0.342. The molecule has 4 rings (SSSR count). The fourth-order valence-corrected chi connectivity index (χ4v) is 5.20. The first-order valence-corrected chi connectivity index (χ1v) is 12.2. The van der Waals surface area contributed by atoms with Crippen molar-refractivity contribution < 1.29 is 13.2 Å². The van der Waals surface area contributed by atoms with Crippen molar-refractivity contribution in [1.29, 1.82) is 0 Å². The fraction of sp³-hybridized carbons (Fsp3) is 0. The van der Waals surface area contributed by atoms with Gasteiger partial charge in [0.05, 0.1) is 23.0 Å². The van der Waals surface area contributed by atoms with Gasteiger partial charge in [-0.25, -0.2) is 8.42 Å². The Morgan fingerprint density at radius 2 is 1.67 bits per heavy atom. The molecule has 4 aromatic rings. The van der Waals surface area contributed by atoms with Gasteiger partial charge >= 0.3 is 0 Å². The number of aromatic nitrogens is 2. The first-order chi connectivity index (χ1) is 14.3. The van der Waals surface area contributed by atoms with E-state index in [1.165, 1.54) is 12.1 Å². The number of nitrogens with zero attached hydrogens (tertiary/aromatic N) is 2. The van der Waals surface area contributed by atoms with E-state index in [4.69, 9.17) is 0 Å². The van der Waals surface area contributed by atoms with Gasteiger partial charge in [0.25, 0.3) is 15.9 Å². The molecule has 2 N–H and O–H groups in total. The van der Waals surface area contributed by atoms with E-state index in [9.17, 15) is 13.2 Å². The zero-order valence-electron chi connectivity index (χ0n) is 15.0. The van der Waals surface area contributed by atoms with Crippen molar-refractivity contribution in [3.63, 3.8) is 0 Å². The predicted octanol–water partition coefficient (Wildman–Crippen LogP) is 5.27. The molecule has 0 atom stereocenters. The van der Waals surface area contributed by atoms with Gasteiger partial charge in [0, 0.05) is 14.6 Å². The molecule has 1 heterocycles. The Balaban J connectivity index is 1.68. The summed E-state index contributed by atoms with van der Waals surface area (Å²) < 4.78 is 38.3. The molecule has 3 aromatic carbocycles. The number of nitrogens with one attached hydrogen (secondary N) is 2. The SMILES string of the molecule is O=C(Nc1ccc(Br)cc1)c1cc(Br)ccc1NS(=O)(=O)c1cccc2nsnc12. The summed E-state index contributed by atoms with van der Waals surface area (Å²) in [7, 11) is -4.00. The number of hydrogen-bond acceptors (Lipinski definition) is 6. The topological polar surface area (TPSA) is 101 Å². The van der Waals surface area contributed by atoms with Gasteiger partial charge in [-0.1, -0.05) is 37.9 Å². The molecule has 0 aliphatic rings. The molecule has 11 heteroatoms. The molecule has 7 nitrogen and oxygen atoms in total. The highest BCUT2D eigenvalue weighted by Gasteiger charge is 2.22. The lowest BCUT2D eigenvalue weighted by Crippen LogP contribution is -2.19. The molecule has 0 saturated carbocycles. The van der Waals surface area contributed by atoms with Crippen molar-refractivity contribution >= 4 is 81.9 Å². The maximum atomic E-state index is 13.0. The van der Waals surface area contributed by atoms with Crippen LogP contribution in [0.15, 0.2) is 74.5 Å². The minimum atomic E-state index is -4.00. The Hall–Kier alpha value is -2.34. The lowest BCUT2D eigenvalue weighted by atomic mass is 10.1. The van der Waals surface area contributed by atoms with Crippen LogP contribution in [-0.2, 0) is 10.0 Å². The van der Waals surface area contributed by atoms with Crippen molar-refractivity contribution in [3.8, 4) is 0 Å². The van der Waals surface area contributed by atoms with Crippen LogP contribution >= 0.6 is 43.6 Å². The van der Waals surface area contributed by atoms with Crippen LogP contribution in [0.5, 0.6) is 0 Å². The van der Waals surface area contributed by atoms with Gasteiger partial charge < -0.3 is 5.32 Å². The van der Waals surface area contributed by atoms with Gasteiger partial charge in [-0.15, -0.1) is 0 Å². The highest BCUT2D eigenvalue weighted by atomic mass is 79.9. The average molecular weight is 568 g/mol. The molecule has 0 aliphatic heterocycles. The fourth-order valence-electron chi connectivity index (χ4n) is 2.72. The molecule has 1 amide bonds. The first kappa shape index (κ1) is 20.9. The Labute approximate surface area is 193 Å². The van der Waals surface area contributed by atoms with E-state index >= 15 is 0 Å². The van der Waals surface area contributed by atoms with Crippen molar-refractivity contribution in [1.82, 2.24) is 8.75 Å². The summed E-state index contributed by atoms with van der Waals surface area (Å²) in [5.74, 6) is -0.454. The second kappa shape index (κ2) is 8.42. The standard InChI is InChI=1S/C19H12Br2N4O3S2/c20-11-4-7-13(8-5-11)22-19(26)14-10-12(21)6-9-15(14)25-30(27,28)17-3-1-2-16-18(17)24-29-23-16/h1-10,25H,(H,22,26). The Morgan fingerprint density at radius 1 is 0.933 bits per heavy atom. The second-order valence-electron chi connectivity index (χ2n) is 6.14. The van der Waals surface area contributed by atoms with E-state index in [-0.39, 0.29) is 21.7 Å². The van der Waals surface area contributed by atoms with Gasteiger partial charge in [-0.05, 0) is 54.6 Å². The third kappa shape index (κ3) is 4.38. The van der Waals surface area contributed by atoms with Crippen molar-refractivity contribution in [2.45, 2.75) is 4.90 Å².